The van der Waals surface area contributed by atoms with E-state index in [1.165, 1.54) is 36.2 Å². The van der Waals surface area contributed by atoms with Crippen LogP contribution < -0.4 is 16.8 Å². The Morgan fingerprint density at radius 2 is 1.56 bits per heavy atom. The van der Waals surface area contributed by atoms with Crippen molar-refractivity contribution in [3.05, 3.63) is 88.7 Å². The van der Waals surface area contributed by atoms with Gasteiger partial charge in [0, 0.05) is 12.6 Å². The average molecular weight is 429 g/mol. The van der Waals surface area contributed by atoms with Gasteiger partial charge in [0.2, 0.25) is 5.91 Å². The van der Waals surface area contributed by atoms with E-state index in [1.54, 1.807) is 0 Å². The van der Waals surface area contributed by atoms with Gasteiger partial charge in [-0.3, -0.25) is 14.6 Å². The maximum Gasteiger partial charge on any atom is 0.250 e. The molecule has 0 aliphatic carbocycles. The van der Waals surface area contributed by atoms with E-state index in [0.29, 0.717) is 12.1 Å². The Labute approximate surface area is 188 Å². The molecule has 0 atom stereocenters. The molecule has 2 heterocycles. The maximum absolute atomic E-state index is 11.9. The Bertz CT molecular complexity index is 1140. The van der Waals surface area contributed by atoms with Crippen LogP contribution in [0.3, 0.4) is 0 Å². The van der Waals surface area contributed by atoms with E-state index in [1.807, 2.05) is 12.1 Å². The van der Waals surface area contributed by atoms with Gasteiger partial charge in [0.05, 0.1) is 16.8 Å². The first kappa shape index (κ1) is 21.7. The van der Waals surface area contributed by atoms with Crippen molar-refractivity contribution in [2.75, 3.05) is 13.1 Å². The number of carbonyl (C=O) groups excluding carboxylic acids is 2. The number of pyridine rings is 1. The number of nitrogens with one attached hydrogen (secondary N) is 1. The summed E-state index contributed by atoms with van der Waals surface area (Å²) in [7, 11) is 0. The second-order valence-corrected chi connectivity index (χ2v) is 8.42. The van der Waals surface area contributed by atoms with Crippen LogP contribution in [0.25, 0.3) is 11.1 Å². The van der Waals surface area contributed by atoms with Crippen LogP contribution in [0.4, 0.5) is 0 Å². The smallest absolute Gasteiger partial charge is 0.250 e. The molecule has 1 aromatic heterocycles. The van der Waals surface area contributed by atoms with Crippen LogP contribution in [-0.4, -0.2) is 29.9 Å². The van der Waals surface area contributed by atoms with Crippen molar-refractivity contribution in [3.8, 4) is 11.1 Å². The standard InChI is InChI=1S/C26H28N4O2/c27-25(31)22-15-23(26(28)32)24(30-16-22)14-19-4-2-6-21(13-19)20-5-1-3-18(12-20)11-17-7-9-29-10-8-17/h1-6,12-13,15-17,29H,7-11,14H2,(H2,27,31)(H2,28,32). The lowest BCUT2D eigenvalue weighted by Gasteiger charge is -2.22. The summed E-state index contributed by atoms with van der Waals surface area (Å²) in [6.07, 6.45) is 5.37. The van der Waals surface area contributed by atoms with E-state index >= 15 is 0 Å². The molecule has 2 amide bonds. The first-order valence-corrected chi connectivity index (χ1v) is 11.0. The molecule has 2 aromatic carbocycles. The first-order valence-electron chi connectivity index (χ1n) is 11.0. The number of hydrogen-bond donors (Lipinski definition) is 3. The van der Waals surface area contributed by atoms with Gasteiger partial charge < -0.3 is 16.8 Å². The summed E-state index contributed by atoms with van der Waals surface area (Å²) in [5, 5.41) is 3.43. The van der Waals surface area contributed by atoms with E-state index in [4.69, 9.17) is 11.5 Å². The van der Waals surface area contributed by atoms with Crippen molar-refractivity contribution in [1.29, 1.82) is 0 Å². The fraction of sp³-hybridized carbons (Fsp3) is 0.269. The second kappa shape index (κ2) is 9.75. The molecule has 164 valence electrons. The Morgan fingerprint density at radius 1 is 0.906 bits per heavy atom. The molecule has 4 rings (SSSR count). The molecule has 1 aliphatic rings. The van der Waals surface area contributed by atoms with Crippen molar-refractivity contribution in [2.45, 2.75) is 25.7 Å². The summed E-state index contributed by atoms with van der Waals surface area (Å²) in [5.74, 6) is -0.533. The van der Waals surface area contributed by atoms with Gasteiger partial charge in [-0.25, -0.2) is 0 Å². The Balaban J connectivity index is 1.56. The molecule has 0 spiro atoms. The summed E-state index contributed by atoms with van der Waals surface area (Å²) >= 11 is 0. The van der Waals surface area contributed by atoms with Gasteiger partial charge in [-0.1, -0.05) is 48.5 Å². The van der Waals surface area contributed by atoms with Gasteiger partial charge in [0.15, 0.2) is 0 Å². The fourth-order valence-corrected chi connectivity index (χ4v) is 4.33. The second-order valence-electron chi connectivity index (χ2n) is 8.42. The third-order valence-corrected chi connectivity index (χ3v) is 6.06. The molecule has 6 heteroatoms. The average Bonchev–Trinajstić information content (AvgIpc) is 2.80. The SMILES string of the molecule is NC(=O)c1cnc(Cc2cccc(-c3cccc(CC4CCNCC4)c3)c2)c(C(N)=O)c1. The van der Waals surface area contributed by atoms with E-state index in [9.17, 15) is 9.59 Å². The summed E-state index contributed by atoms with van der Waals surface area (Å²) in [4.78, 5) is 27.6. The summed E-state index contributed by atoms with van der Waals surface area (Å²) in [6.45, 7) is 2.21. The molecule has 0 bridgehead atoms. The highest BCUT2D eigenvalue weighted by Gasteiger charge is 2.15. The van der Waals surface area contributed by atoms with E-state index in [0.717, 1.165) is 36.6 Å². The van der Waals surface area contributed by atoms with Gasteiger partial charge in [-0.2, -0.15) is 0 Å². The highest BCUT2D eigenvalue weighted by atomic mass is 16.1. The number of amides is 2. The molecule has 0 saturated carbocycles. The number of aromatic nitrogens is 1. The minimum absolute atomic E-state index is 0.168. The maximum atomic E-state index is 11.9. The third-order valence-electron chi connectivity index (χ3n) is 6.06. The van der Waals surface area contributed by atoms with Crippen LogP contribution in [0.15, 0.2) is 60.8 Å². The Kier molecular flexibility index (Phi) is 6.61. The highest BCUT2D eigenvalue weighted by Crippen LogP contribution is 2.25. The van der Waals surface area contributed by atoms with Crippen LogP contribution in [0, 0.1) is 5.92 Å². The van der Waals surface area contributed by atoms with Gasteiger partial charge in [-0.05, 0) is 66.6 Å². The minimum Gasteiger partial charge on any atom is -0.366 e. The molecule has 0 radical (unpaired) electrons. The molecule has 32 heavy (non-hydrogen) atoms. The van der Waals surface area contributed by atoms with Crippen molar-refractivity contribution in [2.24, 2.45) is 17.4 Å². The van der Waals surface area contributed by atoms with Crippen molar-refractivity contribution >= 4 is 11.8 Å². The van der Waals surface area contributed by atoms with Crippen molar-refractivity contribution in [3.63, 3.8) is 0 Å². The van der Waals surface area contributed by atoms with E-state index < -0.39 is 11.8 Å². The number of nitrogens with two attached hydrogens (primary N) is 2. The molecule has 0 unspecified atom stereocenters. The number of hydrogen-bond acceptors (Lipinski definition) is 4. The van der Waals surface area contributed by atoms with Crippen LogP contribution in [0.2, 0.25) is 0 Å². The first-order chi connectivity index (χ1) is 15.5. The molecule has 1 fully saturated rings. The number of rotatable bonds is 7. The summed E-state index contributed by atoms with van der Waals surface area (Å²) in [6, 6.07) is 18.3. The minimum atomic E-state index is -0.641. The largest absolute Gasteiger partial charge is 0.366 e. The van der Waals surface area contributed by atoms with Crippen LogP contribution >= 0.6 is 0 Å². The third kappa shape index (κ3) is 5.21. The zero-order valence-electron chi connectivity index (χ0n) is 18.0. The predicted molar refractivity (Wildman–Crippen MR) is 125 cm³/mol. The summed E-state index contributed by atoms with van der Waals surface area (Å²) in [5.41, 5.74) is 16.4. The Morgan fingerprint density at radius 3 is 2.22 bits per heavy atom. The molecule has 1 saturated heterocycles. The molecule has 1 aliphatic heterocycles. The molecular formula is C26H28N4O2. The molecular weight excluding hydrogens is 400 g/mol. The van der Waals surface area contributed by atoms with Crippen LogP contribution in [-0.2, 0) is 12.8 Å². The van der Waals surface area contributed by atoms with Gasteiger partial charge in [0.25, 0.3) is 5.91 Å². The van der Waals surface area contributed by atoms with Gasteiger partial charge in [0.1, 0.15) is 0 Å². The predicted octanol–water partition coefficient (Wildman–Crippen LogP) is 3.08. The topological polar surface area (TPSA) is 111 Å². The number of piperidine rings is 1. The molecule has 3 aromatic rings. The fourth-order valence-electron chi connectivity index (χ4n) is 4.33. The Hall–Kier alpha value is -3.51. The number of benzene rings is 2. The lowest BCUT2D eigenvalue weighted by Crippen LogP contribution is -2.28. The van der Waals surface area contributed by atoms with Crippen molar-refractivity contribution < 1.29 is 9.59 Å². The molecule has 5 N–H and O–H groups in total. The normalized spacial score (nSPS) is 14.2. The van der Waals surface area contributed by atoms with Crippen LogP contribution in [0.5, 0.6) is 0 Å². The van der Waals surface area contributed by atoms with Crippen LogP contribution in [0.1, 0.15) is 50.4 Å². The highest BCUT2D eigenvalue weighted by molar-refractivity contribution is 5.98. The monoisotopic (exact) mass is 428 g/mol. The number of carbonyl (C=O) groups is 2. The zero-order valence-corrected chi connectivity index (χ0v) is 18.0. The molecule has 6 nitrogen and oxygen atoms in total. The lowest BCUT2D eigenvalue weighted by atomic mass is 9.89. The van der Waals surface area contributed by atoms with Gasteiger partial charge >= 0.3 is 0 Å². The number of nitrogens with zero attached hydrogens (tertiary/aromatic N) is 1. The zero-order chi connectivity index (χ0) is 22.5. The quantitative estimate of drug-likeness (QED) is 0.537. The van der Waals surface area contributed by atoms with Gasteiger partial charge in [-0.15, -0.1) is 0 Å². The number of primary amides is 2. The van der Waals surface area contributed by atoms with Crippen molar-refractivity contribution in [1.82, 2.24) is 10.3 Å². The van der Waals surface area contributed by atoms with E-state index in [2.05, 4.69) is 46.7 Å². The lowest BCUT2D eigenvalue weighted by molar-refractivity contribution is 0.0998. The van der Waals surface area contributed by atoms with E-state index in [-0.39, 0.29) is 11.1 Å². The summed E-state index contributed by atoms with van der Waals surface area (Å²) < 4.78 is 0.